The summed E-state index contributed by atoms with van der Waals surface area (Å²) in [7, 11) is 0. The predicted octanol–water partition coefficient (Wildman–Crippen LogP) is 1.47. The molecular weight excluding hydrogens is 390 g/mol. The van der Waals surface area contributed by atoms with E-state index in [0.29, 0.717) is 18.7 Å². The molecule has 0 aliphatic rings. The summed E-state index contributed by atoms with van der Waals surface area (Å²) in [6, 6.07) is 2.85. The molecule has 0 saturated heterocycles. The molecule has 30 heavy (non-hydrogen) atoms. The molecule has 0 saturated carbocycles. The number of nitrogens with one attached hydrogen (secondary N) is 1. The number of nitrogen functional groups attached to an aromatic ring is 1. The molecule has 0 unspecified atom stereocenters. The van der Waals surface area contributed by atoms with Crippen molar-refractivity contribution < 1.29 is 14.3 Å². The number of aromatic amines is 1. The summed E-state index contributed by atoms with van der Waals surface area (Å²) >= 11 is 0. The van der Waals surface area contributed by atoms with Gasteiger partial charge in [-0.3, -0.25) is 24.0 Å². The van der Waals surface area contributed by atoms with Gasteiger partial charge in [0.1, 0.15) is 11.5 Å². The molecule has 0 fully saturated rings. The summed E-state index contributed by atoms with van der Waals surface area (Å²) in [4.78, 5) is 57.3. The molecule has 0 aromatic carbocycles. The SMILES string of the molecule is CCCCn1c(N)c(N(CC)C(=O)c2ccc(C(=O)OCC)c(C)n2)c(=O)[nH]c1=O. The van der Waals surface area contributed by atoms with Gasteiger partial charge in [-0.25, -0.2) is 14.6 Å². The van der Waals surface area contributed by atoms with Gasteiger partial charge in [0.2, 0.25) is 0 Å². The number of aryl methyl sites for hydroxylation is 1. The molecule has 162 valence electrons. The van der Waals surface area contributed by atoms with Crippen LogP contribution in [0.5, 0.6) is 0 Å². The van der Waals surface area contributed by atoms with Crippen molar-refractivity contribution in [2.75, 3.05) is 23.8 Å². The second kappa shape index (κ2) is 9.86. The van der Waals surface area contributed by atoms with Crippen LogP contribution >= 0.6 is 0 Å². The van der Waals surface area contributed by atoms with Gasteiger partial charge in [0.15, 0.2) is 5.69 Å². The lowest BCUT2D eigenvalue weighted by Crippen LogP contribution is -2.41. The van der Waals surface area contributed by atoms with Crippen molar-refractivity contribution in [3.8, 4) is 0 Å². The second-order valence-corrected chi connectivity index (χ2v) is 6.60. The molecule has 0 atom stereocenters. The Kier molecular flexibility index (Phi) is 7.51. The highest BCUT2D eigenvalue weighted by atomic mass is 16.5. The van der Waals surface area contributed by atoms with E-state index in [4.69, 9.17) is 10.5 Å². The number of pyridine rings is 1. The maximum absolute atomic E-state index is 13.1. The first-order valence-electron chi connectivity index (χ1n) is 9.85. The molecule has 10 heteroatoms. The van der Waals surface area contributed by atoms with Crippen LogP contribution in [0, 0.1) is 6.92 Å². The molecule has 0 aliphatic heterocycles. The molecule has 2 heterocycles. The normalized spacial score (nSPS) is 10.7. The lowest BCUT2D eigenvalue weighted by Gasteiger charge is -2.23. The Balaban J connectivity index is 2.49. The minimum Gasteiger partial charge on any atom is -0.462 e. The van der Waals surface area contributed by atoms with Crippen LogP contribution in [-0.4, -0.2) is 39.6 Å². The number of H-pyrrole nitrogens is 1. The highest BCUT2D eigenvalue weighted by Gasteiger charge is 2.25. The van der Waals surface area contributed by atoms with Crippen LogP contribution in [0.25, 0.3) is 0 Å². The van der Waals surface area contributed by atoms with Crippen molar-refractivity contribution in [1.29, 1.82) is 0 Å². The molecule has 0 bridgehead atoms. The third-order valence-electron chi connectivity index (χ3n) is 4.58. The van der Waals surface area contributed by atoms with Gasteiger partial charge >= 0.3 is 11.7 Å². The molecule has 0 radical (unpaired) electrons. The number of rotatable bonds is 8. The predicted molar refractivity (Wildman–Crippen MR) is 113 cm³/mol. The molecule has 1 amide bonds. The summed E-state index contributed by atoms with van der Waals surface area (Å²) in [5, 5.41) is 0. The summed E-state index contributed by atoms with van der Waals surface area (Å²) < 4.78 is 6.22. The first kappa shape index (κ1) is 22.9. The van der Waals surface area contributed by atoms with Crippen molar-refractivity contribution in [1.82, 2.24) is 14.5 Å². The van der Waals surface area contributed by atoms with E-state index in [1.165, 1.54) is 21.6 Å². The summed E-state index contributed by atoms with van der Waals surface area (Å²) in [6.45, 7) is 7.59. The molecule has 2 aromatic rings. The van der Waals surface area contributed by atoms with E-state index in [2.05, 4.69) is 9.97 Å². The average Bonchev–Trinajstić information content (AvgIpc) is 2.70. The first-order chi connectivity index (χ1) is 14.3. The summed E-state index contributed by atoms with van der Waals surface area (Å²) in [5.74, 6) is -1.18. The minimum absolute atomic E-state index is 0.0347. The number of esters is 1. The number of ether oxygens (including phenoxy) is 1. The zero-order chi connectivity index (χ0) is 22.4. The third kappa shape index (κ3) is 4.58. The molecule has 2 aromatic heterocycles. The number of hydrogen-bond donors (Lipinski definition) is 2. The number of hydrogen-bond acceptors (Lipinski definition) is 7. The van der Waals surface area contributed by atoms with Crippen LogP contribution in [0.4, 0.5) is 11.5 Å². The van der Waals surface area contributed by atoms with E-state index in [0.717, 1.165) is 6.42 Å². The number of unbranched alkanes of at least 4 members (excludes halogenated alkanes) is 1. The van der Waals surface area contributed by atoms with Crippen LogP contribution in [0.1, 0.15) is 60.2 Å². The van der Waals surface area contributed by atoms with Crippen molar-refractivity contribution in [2.24, 2.45) is 0 Å². The Hall–Kier alpha value is -3.43. The van der Waals surface area contributed by atoms with Gasteiger partial charge in [-0.2, -0.15) is 0 Å². The number of anilines is 2. The number of carbonyl (C=O) groups is 2. The highest BCUT2D eigenvalue weighted by Crippen LogP contribution is 2.20. The van der Waals surface area contributed by atoms with Crippen LogP contribution in [0.3, 0.4) is 0 Å². The van der Waals surface area contributed by atoms with E-state index in [1.54, 1.807) is 20.8 Å². The number of carbonyl (C=O) groups excluding carboxylic acids is 2. The molecule has 10 nitrogen and oxygen atoms in total. The van der Waals surface area contributed by atoms with Gasteiger partial charge in [-0.05, 0) is 39.3 Å². The second-order valence-electron chi connectivity index (χ2n) is 6.60. The largest absolute Gasteiger partial charge is 0.462 e. The van der Waals surface area contributed by atoms with Crippen molar-refractivity contribution in [2.45, 2.75) is 47.1 Å². The summed E-state index contributed by atoms with van der Waals surface area (Å²) in [6.07, 6.45) is 1.51. The molecule has 3 N–H and O–H groups in total. The van der Waals surface area contributed by atoms with E-state index in [-0.39, 0.29) is 35.9 Å². The third-order valence-corrected chi connectivity index (χ3v) is 4.58. The quantitative estimate of drug-likeness (QED) is 0.620. The van der Waals surface area contributed by atoms with E-state index in [9.17, 15) is 19.2 Å². The summed E-state index contributed by atoms with van der Waals surface area (Å²) in [5.41, 5.74) is 5.25. The van der Waals surface area contributed by atoms with Crippen LogP contribution in [-0.2, 0) is 11.3 Å². The minimum atomic E-state index is -0.750. The van der Waals surface area contributed by atoms with E-state index >= 15 is 0 Å². The topological polar surface area (TPSA) is 140 Å². The van der Waals surface area contributed by atoms with Gasteiger partial charge in [0.25, 0.3) is 11.5 Å². The standard InChI is InChI=1S/C20H27N5O5/c1-5-8-11-25-16(21)15(17(26)23-20(25)29)24(6-2)18(27)14-10-9-13(12(4)22-14)19(28)30-7-3/h9-10H,5-8,11,21H2,1-4H3,(H,23,26,29). The molecule has 0 aliphatic carbocycles. The van der Waals surface area contributed by atoms with Crippen molar-refractivity contribution >= 4 is 23.4 Å². The zero-order valence-electron chi connectivity index (χ0n) is 17.7. The fraction of sp³-hybridized carbons (Fsp3) is 0.450. The average molecular weight is 417 g/mol. The molecular formula is C20H27N5O5. The van der Waals surface area contributed by atoms with Gasteiger partial charge in [0.05, 0.1) is 17.9 Å². The van der Waals surface area contributed by atoms with Gasteiger partial charge in [-0.1, -0.05) is 13.3 Å². The smallest absolute Gasteiger partial charge is 0.339 e. The molecule has 2 rings (SSSR count). The number of amides is 1. The monoisotopic (exact) mass is 417 g/mol. The fourth-order valence-corrected chi connectivity index (χ4v) is 3.02. The lowest BCUT2D eigenvalue weighted by atomic mass is 10.1. The van der Waals surface area contributed by atoms with Crippen molar-refractivity contribution in [3.05, 3.63) is 49.9 Å². The van der Waals surface area contributed by atoms with Gasteiger partial charge in [0, 0.05) is 13.1 Å². The Morgan fingerprint density at radius 1 is 1.23 bits per heavy atom. The first-order valence-corrected chi connectivity index (χ1v) is 9.85. The number of nitrogens with two attached hydrogens (primary N) is 1. The highest BCUT2D eigenvalue weighted by molar-refractivity contribution is 6.06. The number of aromatic nitrogens is 3. The van der Waals surface area contributed by atoms with E-state index in [1.807, 2.05) is 6.92 Å². The van der Waals surface area contributed by atoms with Crippen molar-refractivity contribution in [3.63, 3.8) is 0 Å². The van der Waals surface area contributed by atoms with E-state index < -0.39 is 23.1 Å². The Labute approximate surface area is 173 Å². The Morgan fingerprint density at radius 2 is 1.93 bits per heavy atom. The fourth-order valence-electron chi connectivity index (χ4n) is 3.02. The van der Waals surface area contributed by atoms with Gasteiger partial charge in [-0.15, -0.1) is 0 Å². The maximum Gasteiger partial charge on any atom is 0.339 e. The lowest BCUT2D eigenvalue weighted by molar-refractivity contribution is 0.0524. The maximum atomic E-state index is 13.1. The Bertz CT molecular complexity index is 1060. The van der Waals surface area contributed by atoms with Crippen LogP contribution in [0.15, 0.2) is 21.7 Å². The number of nitrogens with zero attached hydrogens (tertiary/aromatic N) is 3. The van der Waals surface area contributed by atoms with Gasteiger partial charge < -0.3 is 10.5 Å². The zero-order valence-corrected chi connectivity index (χ0v) is 17.7. The van der Waals surface area contributed by atoms with Crippen LogP contribution < -0.4 is 21.9 Å². The van der Waals surface area contributed by atoms with Crippen LogP contribution in [0.2, 0.25) is 0 Å². The Morgan fingerprint density at radius 3 is 2.50 bits per heavy atom. The molecule has 0 spiro atoms.